The van der Waals surface area contributed by atoms with Crippen molar-refractivity contribution in [3.8, 4) is 0 Å². The van der Waals surface area contributed by atoms with E-state index >= 15 is 0 Å². The third-order valence-corrected chi connectivity index (χ3v) is 14.5. The number of hydrogen-bond donors (Lipinski definition) is 0. The Balaban J connectivity index is 0.998. The summed E-state index contributed by atoms with van der Waals surface area (Å²) in [6, 6.07) is 0. The Kier molecular flexibility index (Phi) is 22.5. The van der Waals surface area contributed by atoms with E-state index in [1.54, 1.807) is 12.2 Å². The number of carbonyl (C=O) groups is 1. The minimum atomic E-state index is -0.00894. The molecule has 4 rings (SSSR count). The van der Waals surface area contributed by atoms with E-state index in [1.165, 1.54) is 205 Å². The van der Waals surface area contributed by atoms with Gasteiger partial charge in [0, 0.05) is 22.2 Å². The van der Waals surface area contributed by atoms with Crippen molar-refractivity contribution in [1.29, 1.82) is 0 Å². The number of unbranched alkanes of at least 4 members (excludes halogenated alkanes) is 4. The fourth-order valence-electron chi connectivity index (χ4n) is 10.1. The fourth-order valence-corrected chi connectivity index (χ4v) is 10.7. The molecular weight excluding hydrogens is 651 g/mol. The van der Waals surface area contributed by atoms with Crippen molar-refractivity contribution in [2.24, 2.45) is 35.5 Å². The Morgan fingerprint density at radius 3 is 0.940 bits per heavy atom. The molecule has 0 aromatic heterocycles. The van der Waals surface area contributed by atoms with Gasteiger partial charge in [-0.15, -0.1) is 0 Å². The smallest absolute Gasteiger partial charge is 0.180 e. The number of rotatable bonds is 16. The van der Waals surface area contributed by atoms with Crippen molar-refractivity contribution in [1.82, 2.24) is 0 Å². The third-order valence-electron chi connectivity index (χ3n) is 13.7. The highest BCUT2D eigenvalue weighted by molar-refractivity contribution is 6.33. The minimum absolute atomic E-state index is 0.00894. The first kappa shape index (κ1) is 42.5. The van der Waals surface area contributed by atoms with E-state index in [-0.39, 0.29) is 5.78 Å². The average molecular weight is 732 g/mol. The predicted molar refractivity (Wildman–Crippen MR) is 220 cm³/mol. The molecule has 288 valence electrons. The van der Waals surface area contributed by atoms with Crippen molar-refractivity contribution >= 4 is 29.0 Å². The van der Waals surface area contributed by atoms with Crippen LogP contribution >= 0.6 is 23.2 Å². The molecule has 0 N–H and O–H groups in total. The third kappa shape index (κ3) is 18.2. The molecule has 4 aliphatic carbocycles. The summed E-state index contributed by atoms with van der Waals surface area (Å²) >= 11 is 13.3. The van der Waals surface area contributed by atoms with E-state index in [9.17, 15) is 4.79 Å². The van der Waals surface area contributed by atoms with Gasteiger partial charge in [-0.1, -0.05) is 229 Å². The van der Waals surface area contributed by atoms with Gasteiger partial charge in [0.15, 0.2) is 5.78 Å². The number of ketones is 1. The van der Waals surface area contributed by atoms with Crippen LogP contribution in [-0.2, 0) is 4.79 Å². The molecule has 3 heteroatoms. The lowest BCUT2D eigenvalue weighted by molar-refractivity contribution is -0.110. The fraction of sp³-hybridized carbons (Fsp3) is 0.894. The lowest BCUT2D eigenvalue weighted by Crippen LogP contribution is -2.24. The van der Waals surface area contributed by atoms with E-state index in [0.717, 1.165) is 59.4 Å². The van der Waals surface area contributed by atoms with Crippen LogP contribution in [0.25, 0.3) is 0 Å². The number of carbonyl (C=O) groups excluding carboxylic acids is 1. The van der Waals surface area contributed by atoms with Crippen LogP contribution < -0.4 is 0 Å². The largest absolute Gasteiger partial charge is 0.290 e. The molecule has 0 bridgehead atoms. The maximum absolute atomic E-state index is 12.8. The van der Waals surface area contributed by atoms with Crippen molar-refractivity contribution in [3.63, 3.8) is 0 Å². The summed E-state index contributed by atoms with van der Waals surface area (Å²) in [6.45, 7) is 0. The molecule has 0 spiro atoms. The Morgan fingerprint density at radius 1 is 0.380 bits per heavy atom. The molecule has 0 saturated heterocycles. The Morgan fingerprint density at radius 2 is 0.640 bits per heavy atom. The molecule has 1 nitrogen and oxygen atoms in total. The van der Waals surface area contributed by atoms with E-state index in [2.05, 4.69) is 0 Å². The molecule has 4 aliphatic rings. The highest BCUT2D eigenvalue weighted by Crippen LogP contribution is 2.44. The first-order valence-corrected chi connectivity index (χ1v) is 23.6. The van der Waals surface area contributed by atoms with Crippen molar-refractivity contribution in [2.75, 3.05) is 0 Å². The molecule has 0 heterocycles. The summed E-state index contributed by atoms with van der Waals surface area (Å²) in [5.41, 5.74) is 0. The van der Waals surface area contributed by atoms with Crippen LogP contribution in [0.5, 0.6) is 0 Å². The van der Waals surface area contributed by atoms with Crippen LogP contribution in [0.3, 0.4) is 0 Å². The summed E-state index contributed by atoms with van der Waals surface area (Å²) in [7, 11) is 0. The highest BCUT2D eigenvalue weighted by Gasteiger charge is 2.32. The lowest BCUT2D eigenvalue weighted by Gasteiger charge is -2.35. The first-order valence-electron chi connectivity index (χ1n) is 22.8. The van der Waals surface area contributed by atoms with Crippen LogP contribution in [0.4, 0.5) is 0 Å². The molecule has 4 fully saturated rings. The van der Waals surface area contributed by atoms with Crippen LogP contribution in [0, 0.1) is 35.5 Å². The Bertz CT molecular complexity index is 843. The van der Waals surface area contributed by atoms with E-state index in [4.69, 9.17) is 23.2 Å². The topological polar surface area (TPSA) is 17.1 Å². The molecule has 4 saturated carbocycles. The molecule has 50 heavy (non-hydrogen) atoms. The summed E-state index contributed by atoms with van der Waals surface area (Å²) < 4.78 is 0. The van der Waals surface area contributed by atoms with E-state index in [1.807, 2.05) is 0 Å². The van der Waals surface area contributed by atoms with Gasteiger partial charge in [0.2, 0.25) is 0 Å². The molecule has 0 aromatic carbocycles. The summed E-state index contributed by atoms with van der Waals surface area (Å²) in [5, 5.41) is 1.52. The zero-order valence-electron chi connectivity index (χ0n) is 32.7. The van der Waals surface area contributed by atoms with Crippen LogP contribution in [-0.4, -0.2) is 5.78 Å². The summed E-state index contributed by atoms with van der Waals surface area (Å²) in [4.78, 5) is 12.8. The molecule has 0 amide bonds. The van der Waals surface area contributed by atoms with E-state index in [0.29, 0.717) is 11.8 Å². The SMILES string of the molecule is O=C(C=C(Cl)C1CC(CCCCCC2CCCCCCCCCCC2)C1)C=C(Cl)C1CC(CCCCCC2CCCCCCCCCCC2)C1. The Hall–Kier alpha value is -0.270. The van der Waals surface area contributed by atoms with Gasteiger partial charge in [0.25, 0.3) is 0 Å². The average Bonchev–Trinajstić information content (AvgIpc) is 3.04. The van der Waals surface area contributed by atoms with Gasteiger partial charge in [-0.2, -0.15) is 0 Å². The second-order valence-electron chi connectivity index (χ2n) is 18.1. The Labute approximate surface area is 321 Å². The summed E-state index contributed by atoms with van der Waals surface area (Å²) in [6.07, 6.45) is 54.3. The van der Waals surface area contributed by atoms with Crippen LogP contribution in [0.15, 0.2) is 22.2 Å². The lowest BCUT2D eigenvalue weighted by atomic mass is 9.72. The van der Waals surface area contributed by atoms with Gasteiger partial charge in [0.05, 0.1) is 0 Å². The predicted octanol–water partition coefficient (Wildman–Crippen LogP) is 16.6. The number of allylic oxidation sites excluding steroid dienone is 4. The highest BCUT2D eigenvalue weighted by atomic mass is 35.5. The van der Waals surface area contributed by atoms with Gasteiger partial charge in [-0.3, -0.25) is 4.79 Å². The molecule has 0 atom stereocenters. The van der Waals surface area contributed by atoms with Crippen molar-refractivity contribution in [3.05, 3.63) is 22.2 Å². The van der Waals surface area contributed by atoms with Crippen molar-refractivity contribution < 1.29 is 4.79 Å². The van der Waals surface area contributed by atoms with Gasteiger partial charge in [-0.25, -0.2) is 0 Å². The quantitative estimate of drug-likeness (QED) is 0.114. The summed E-state index contributed by atoms with van der Waals surface area (Å²) in [5.74, 6) is 4.34. The molecule has 0 aliphatic heterocycles. The monoisotopic (exact) mass is 731 g/mol. The maximum Gasteiger partial charge on any atom is 0.180 e. The number of hydrogen-bond acceptors (Lipinski definition) is 1. The normalized spacial score (nSPS) is 28.3. The molecular formula is C47H80Cl2O. The van der Waals surface area contributed by atoms with Crippen LogP contribution in [0.2, 0.25) is 0 Å². The van der Waals surface area contributed by atoms with E-state index < -0.39 is 0 Å². The molecule has 0 radical (unpaired) electrons. The minimum Gasteiger partial charge on any atom is -0.290 e. The van der Waals surface area contributed by atoms with Gasteiger partial charge >= 0.3 is 0 Å². The van der Waals surface area contributed by atoms with Gasteiger partial charge in [0.1, 0.15) is 0 Å². The van der Waals surface area contributed by atoms with Gasteiger partial charge in [-0.05, 0) is 61.2 Å². The van der Waals surface area contributed by atoms with Gasteiger partial charge < -0.3 is 0 Å². The molecule has 0 aromatic rings. The standard InChI is InChI=1S/C47H80Cl2O/c48-46(43-33-41(34-43)31-23-15-21-29-39-25-17-11-7-3-1-4-8-12-18-26-39)37-45(50)38-47(49)44-35-42(36-44)32-24-16-22-30-40-27-19-13-9-5-2-6-10-14-20-28-40/h37-44H,1-36H2. The second-order valence-corrected chi connectivity index (χ2v) is 18.9. The maximum atomic E-state index is 12.8. The zero-order valence-corrected chi connectivity index (χ0v) is 34.3. The zero-order chi connectivity index (χ0) is 35.1. The number of halogens is 2. The second kappa shape index (κ2) is 26.5. The van der Waals surface area contributed by atoms with Crippen LogP contribution in [0.1, 0.15) is 231 Å². The van der Waals surface area contributed by atoms with Crippen molar-refractivity contribution in [2.45, 2.75) is 231 Å². The first-order chi connectivity index (χ1) is 24.6. The molecule has 0 unspecified atom stereocenters.